The molecule has 0 nitrogen and oxygen atoms in total. The van der Waals surface area contributed by atoms with Gasteiger partial charge in [-0.15, -0.1) is 0 Å². The van der Waals surface area contributed by atoms with Crippen LogP contribution in [0.4, 0.5) is 0 Å². The van der Waals surface area contributed by atoms with E-state index in [1.807, 2.05) is 23.6 Å². The monoisotopic (exact) mass is 168 g/mol. The fraction of sp³-hybridized carbons (Fsp3) is 0. The summed E-state index contributed by atoms with van der Waals surface area (Å²) in [6.45, 7) is 0. The molecule has 0 radical (unpaired) electrons. The van der Waals surface area contributed by atoms with Crippen molar-refractivity contribution in [3.8, 4) is 11.1 Å². The molecular weight excluding hydrogens is 164 g/mol. The molecular formula is C8H5ClS. The highest BCUT2D eigenvalue weighted by Crippen LogP contribution is 2.32. The van der Waals surface area contributed by atoms with Crippen molar-refractivity contribution in [2.45, 2.75) is 0 Å². The lowest BCUT2D eigenvalue weighted by molar-refractivity contribution is 1.84. The van der Waals surface area contributed by atoms with E-state index in [9.17, 15) is 0 Å². The number of fused-ring (bicyclic) bond motifs is 1. The minimum atomic E-state index is 0.850. The Bertz CT molecular complexity index is 313. The van der Waals surface area contributed by atoms with Gasteiger partial charge >= 0.3 is 0 Å². The van der Waals surface area contributed by atoms with Crippen LogP contribution in [0.1, 0.15) is 0 Å². The highest BCUT2D eigenvalue weighted by Gasteiger charge is 2.04. The number of hydrogen-bond acceptors (Lipinski definition) is 1. The molecule has 0 bridgehead atoms. The third kappa shape index (κ3) is 0.825. The molecule has 50 valence electrons. The van der Waals surface area contributed by atoms with E-state index in [-0.39, 0.29) is 0 Å². The molecule has 0 aromatic carbocycles. The molecule has 0 atom stereocenters. The van der Waals surface area contributed by atoms with Crippen molar-refractivity contribution >= 4 is 22.9 Å². The van der Waals surface area contributed by atoms with Crippen molar-refractivity contribution in [2.75, 3.05) is 0 Å². The zero-order valence-electron chi connectivity index (χ0n) is 5.17. The molecule has 0 aromatic heterocycles. The van der Waals surface area contributed by atoms with E-state index >= 15 is 0 Å². The first kappa shape index (κ1) is 6.20. The van der Waals surface area contributed by atoms with Crippen LogP contribution in [-0.4, -0.2) is 0 Å². The number of hydrogen-bond donors (Lipinski definition) is 0. The van der Waals surface area contributed by atoms with Crippen LogP contribution in [0.15, 0.2) is 29.0 Å². The van der Waals surface area contributed by atoms with Crippen LogP contribution in [0, 0.1) is 0 Å². The molecule has 0 amide bonds. The van der Waals surface area contributed by atoms with Crippen molar-refractivity contribution in [1.29, 1.82) is 0 Å². The maximum atomic E-state index is 5.88. The summed E-state index contributed by atoms with van der Waals surface area (Å²) < 4.78 is 0. The Labute approximate surface area is 68.4 Å². The molecule has 0 N–H and O–H groups in total. The minimum Gasteiger partial charge on any atom is -0.152 e. The Morgan fingerprint density at radius 3 is 2.90 bits per heavy atom. The highest BCUT2D eigenvalue weighted by molar-refractivity contribution is 7.07. The molecule has 2 heteroatoms. The summed E-state index contributed by atoms with van der Waals surface area (Å²) in [4.78, 5) is 0. The van der Waals surface area contributed by atoms with Gasteiger partial charge < -0.3 is 0 Å². The molecule has 10 heavy (non-hydrogen) atoms. The van der Waals surface area contributed by atoms with Crippen LogP contribution in [0.2, 0.25) is 5.02 Å². The summed E-state index contributed by atoms with van der Waals surface area (Å²) in [7, 11) is 0. The van der Waals surface area contributed by atoms with Gasteiger partial charge in [-0.25, -0.2) is 0 Å². The van der Waals surface area contributed by atoms with Crippen LogP contribution in [-0.2, 0) is 0 Å². The second kappa shape index (κ2) is 2.26. The first-order valence-corrected chi connectivity index (χ1v) is 4.30. The molecule has 2 aliphatic rings. The SMILES string of the molecule is Clc1ccc2csccc1-2. The van der Waals surface area contributed by atoms with Crippen LogP contribution < -0.4 is 0 Å². The maximum Gasteiger partial charge on any atom is 0.0485 e. The maximum absolute atomic E-state index is 5.88. The summed E-state index contributed by atoms with van der Waals surface area (Å²) in [5, 5.41) is 4.98. The lowest BCUT2D eigenvalue weighted by atomic mass is 10.2. The van der Waals surface area contributed by atoms with Gasteiger partial charge in [-0.2, -0.15) is 11.3 Å². The van der Waals surface area contributed by atoms with Crippen LogP contribution in [0.3, 0.4) is 0 Å². The zero-order valence-corrected chi connectivity index (χ0v) is 6.75. The molecule has 1 heterocycles. The third-order valence-electron chi connectivity index (χ3n) is 1.49. The van der Waals surface area contributed by atoms with Gasteiger partial charge in [0, 0.05) is 10.6 Å². The summed E-state index contributed by atoms with van der Waals surface area (Å²) in [6.07, 6.45) is 0. The largest absolute Gasteiger partial charge is 0.152 e. The van der Waals surface area contributed by atoms with Gasteiger partial charge in [-0.3, -0.25) is 0 Å². The standard InChI is InChI=1S/C8H5ClS/c9-8-2-1-6-5-10-4-3-7(6)8/h1-5H. The summed E-state index contributed by atoms with van der Waals surface area (Å²) in [5.41, 5.74) is 2.39. The highest BCUT2D eigenvalue weighted by atomic mass is 35.5. The van der Waals surface area contributed by atoms with Crippen molar-refractivity contribution < 1.29 is 0 Å². The fourth-order valence-corrected chi connectivity index (χ4v) is 1.86. The Morgan fingerprint density at radius 1 is 1.20 bits per heavy atom. The molecule has 0 unspecified atom stereocenters. The second-order valence-electron chi connectivity index (χ2n) is 2.11. The van der Waals surface area contributed by atoms with Gasteiger partial charge in [-0.1, -0.05) is 17.7 Å². The summed E-state index contributed by atoms with van der Waals surface area (Å²) in [6, 6.07) is 6.01. The van der Waals surface area contributed by atoms with E-state index in [1.54, 1.807) is 11.3 Å². The molecule has 0 saturated heterocycles. The molecule has 1 aliphatic carbocycles. The van der Waals surface area contributed by atoms with Gasteiger partial charge in [0.1, 0.15) is 0 Å². The first-order chi connectivity index (χ1) is 4.88. The predicted octanol–water partition coefficient (Wildman–Crippen LogP) is 3.51. The van der Waals surface area contributed by atoms with Crippen molar-refractivity contribution in [3.05, 3.63) is 34.0 Å². The quantitative estimate of drug-likeness (QED) is 0.565. The third-order valence-corrected chi connectivity index (χ3v) is 2.50. The lowest BCUT2D eigenvalue weighted by Crippen LogP contribution is -1.66. The molecule has 2 rings (SSSR count). The van der Waals surface area contributed by atoms with E-state index in [0.29, 0.717) is 0 Å². The van der Waals surface area contributed by atoms with E-state index in [1.165, 1.54) is 5.56 Å². The Kier molecular flexibility index (Phi) is 1.40. The second-order valence-corrected chi connectivity index (χ2v) is 3.29. The molecule has 0 fully saturated rings. The van der Waals surface area contributed by atoms with Crippen LogP contribution >= 0.6 is 22.9 Å². The zero-order chi connectivity index (χ0) is 6.97. The van der Waals surface area contributed by atoms with Gasteiger partial charge in [0.2, 0.25) is 0 Å². The van der Waals surface area contributed by atoms with E-state index < -0.39 is 0 Å². The number of rotatable bonds is 0. The van der Waals surface area contributed by atoms with Crippen molar-refractivity contribution in [3.63, 3.8) is 0 Å². The average Bonchev–Trinajstić information content (AvgIpc) is 2.34. The topological polar surface area (TPSA) is 0 Å². The van der Waals surface area contributed by atoms with Crippen LogP contribution in [0.5, 0.6) is 0 Å². The Morgan fingerprint density at radius 2 is 2.10 bits per heavy atom. The van der Waals surface area contributed by atoms with Gasteiger partial charge in [-0.05, 0) is 28.5 Å². The predicted molar refractivity (Wildman–Crippen MR) is 46.0 cm³/mol. The molecule has 0 aromatic rings. The smallest absolute Gasteiger partial charge is 0.0485 e. The van der Waals surface area contributed by atoms with E-state index in [0.717, 1.165) is 10.6 Å². The van der Waals surface area contributed by atoms with E-state index in [4.69, 9.17) is 11.6 Å². The summed E-state index contributed by atoms with van der Waals surface area (Å²) >= 11 is 7.56. The molecule has 0 spiro atoms. The Hall–Kier alpha value is -0.530. The van der Waals surface area contributed by atoms with Crippen molar-refractivity contribution in [2.24, 2.45) is 0 Å². The lowest BCUT2D eigenvalue weighted by Gasteiger charge is -1.94. The van der Waals surface area contributed by atoms with Gasteiger partial charge in [0.05, 0.1) is 0 Å². The Balaban J connectivity index is 2.78. The van der Waals surface area contributed by atoms with Gasteiger partial charge in [0.25, 0.3) is 0 Å². The first-order valence-electron chi connectivity index (χ1n) is 2.98. The molecule has 0 saturated carbocycles. The average molecular weight is 169 g/mol. The fourth-order valence-electron chi connectivity index (χ4n) is 0.979. The summed E-state index contributed by atoms with van der Waals surface area (Å²) in [5.74, 6) is 0. The minimum absolute atomic E-state index is 0.850. The van der Waals surface area contributed by atoms with E-state index in [2.05, 4.69) is 5.38 Å². The normalized spacial score (nSPS) is 10.5. The number of halogens is 1. The van der Waals surface area contributed by atoms with Gasteiger partial charge in [0.15, 0.2) is 0 Å². The van der Waals surface area contributed by atoms with Crippen LogP contribution in [0.25, 0.3) is 11.1 Å². The van der Waals surface area contributed by atoms with Crippen molar-refractivity contribution in [1.82, 2.24) is 0 Å². The molecule has 1 aliphatic heterocycles.